The number of thioether (sulfide) groups is 1. The quantitative estimate of drug-likeness (QED) is 0.0638. The predicted molar refractivity (Wildman–Crippen MR) is 177 cm³/mol. The molecule has 0 unspecified atom stereocenters. The molecule has 0 atom stereocenters. The zero-order valence-corrected chi connectivity index (χ0v) is 29.9. The van der Waals surface area contributed by atoms with E-state index in [4.69, 9.17) is 4.65 Å². The summed E-state index contributed by atoms with van der Waals surface area (Å²) < 4.78 is 48.8. The number of halogens is 4. The molecule has 0 N–H and O–H groups in total. The van der Waals surface area contributed by atoms with Gasteiger partial charge in [-0.15, -0.1) is 0 Å². The summed E-state index contributed by atoms with van der Waals surface area (Å²) in [6.07, 6.45) is 14.3. The first-order valence-electron chi connectivity index (χ1n) is 14.3. The molecule has 0 bridgehead atoms. The van der Waals surface area contributed by atoms with Gasteiger partial charge in [0.1, 0.15) is 0 Å². The Labute approximate surface area is 287 Å². The average molecular weight is 743 g/mol. The average Bonchev–Trinajstić information content (AvgIpc) is 3.58. The fourth-order valence-electron chi connectivity index (χ4n) is 5.15. The van der Waals surface area contributed by atoms with Gasteiger partial charge in [-0.25, -0.2) is 0 Å². The van der Waals surface area contributed by atoms with Crippen molar-refractivity contribution in [2.45, 2.75) is 69.1 Å². The van der Waals surface area contributed by atoms with Crippen molar-refractivity contribution in [3.8, 4) is 0 Å². The molecule has 5 radical (unpaired) electrons. The number of rotatable bonds is 5. The van der Waals surface area contributed by atoms with Crippen molar-refractivity contribution in [3.63, 3.8) is 0 Å². The van der Waals surface area contributed by atoms with Crippen LogP contribution in [0.2, 0.25) is 0 Å². The Morgan fingerprint density at radius 2 is 1.04 bits per heavy atom. The van der Waals surface area contributed by atoms with Gasteiger partial charge in [-0.05, 0) is 55.1 Å². The second kappa shape index (κ2) is 22.7. The van der Waals surface area contributed by atoms with Gasteiger partial charge in [0.25, 0.3) is 0 Å². The van der Waals surface area contributed by atoms with Crippen LogP contribution in [0, 0.1) is 44.2 Å². The summed E-state index contributed by atoms with van der Waals surface area (Å²) in [7, 11) is -5.74. The molecule has 10 heteroatoms. The van der Waals surface area contributed by atoms with Crippen molar-refractivity contribution in [3.05, 3.63) is 146 Å². The van der Waals surface area contributed by atoms with E-state index in [-0.39, 0.29) is 32.9 Å². The number of nitrogens with zero attached hydrogens (tertiary/aromatic N) is 1. The van der Waals surface area contributed by atoms with Crippen LogP contribution in [0.3, 0.4) is 0 Å². The van der Waals surface area contributed by atoms with E-state index in [1.165, 1.54) is 16.2 Å². The zero-order valence-electron chi connectivity index (χ0n) is 26.4. The Morgan fingerprint density at radius 3 is 1.38 bits per heavy atom. The second-order valence-electron chi connectivity index (χ2n) is 10.5. The van der Waals surface area contributed by atoms with Gasteiger partial charge < -0.3 is 22.7 Å². The van der Waals surface area contributed by atoms with Gasteiger partial charge in [0.15, 0.2) is 6.20 Å². The summed E-state index contributed by atoms with van der Waals surface area (Å²) in [5, 5.41) is 4.59. The van der Waals surface area contributed by atoms with Crippen molar-refractivity contribution >= 4 is 26.9 Å². The number of pyridine rings is 1. The van der Waals surface area contributed by atoms with E-state index in [0.29, 0.717) is 0 Å². The van der Waals surface area contributed by atoms with Crippen LogP contribution in [0.25, 0.3) is 0 Å². The molecule has 1 aromatic heterocycles. The molecule has 45 heavy (non-hydrogen) atoms. The standard InChI is InChI=1S/C20H15NS.C9H21P.C5H5.CO.BF4.Ru/c1-3-9-17(10-4-1)20(18-11-5-2-6-12-18)14-16-22-19-13-7-8-15-21(19)20;1-7(2)10(8(3)4)9(5)6;1-2-4-5-3-1;1-2;2-1(3,4)5;/h1-15H;7-9H,1-6H3;1-5H;;;/q;;;;-1;+2. The minimum atomic E-state index is -6.00. The minimum Gasteiger partial charge on any atom is -0.418 e. The Hall–Kier alpha value is -1.74. The molecule has 241 valence electrons. The van der Waals surface area contributed by atoms with E-state index in [9.17, 15) is 17.3 Å². The molecule has 1 aliphatic carbocycles. The molecule has 0 spiro atoms. The van der Waals surface area contributed by atoms with Crippen molar-refractivity contribution in [1.29, 1.82) is 0 Å². The fourth-order valence-corrected chi connectivity index (χ4v) is 9.53. The van der Waals surface area contributed by atoms with Gasteiger partial charge in [-0.1, -0.05) is 110 Å². The summed E-state index contributed by atoms with van der Waals surface area (Å²) in [5.41, 5.74) is 4.84. The normalized spacial score (nSPS) is 14.3. The molecule has 1 aliphatic heterocycles. The van der Waals surface area contributed by atoms with Crippen LogP contribution < -0.4 is 4.57 Å². The first-order chi connectivity index (χ1) is 20.9. The van der Waals surface area contributed by atoms with Crippen molar-refractivity contribution < 1.29 is 46.0 Å². The van der Waals surface area contributed by atoms with Crippen LogP contribution in [-0.4, -0.2) is 24.2 Å². The first kappa shape index (κ1) is 43.3. The monoisotopic (exact) mass is 743 g/mol. The molecule has 5 rings (SSSR count). The molecular formula is C35H41BF4NOPRuS+. The van der Waals surface area contributed by atoms with Crippen LogP contribution >= 0.6 is 19.7 Å². The van der Waals surface area contributed by atoms with Gasteiger partial charge in [-0.3, -0.25) is 11.8 Å². The molecule has 2 aliphatic rings. The summed E-state index contributed by atoms with van der Waals surface area (Å²) in [6.45, 7) is 18.6. The maximum atomic E-state index is 9.75. The molecule has 3 aromatic rings. The second-order valence-corrected chi connectivity index (χ2v) is 15.3. The van der Waals surface area contributed by atoms with Crippen LogP contribution in [0.1, 0.15) is 52.7 Å². The SMILES string of the molecule is CC(C)P(C(C)C)C(C)C.F[B-](F)(F)F.[C-]#[O+].[C-]1=CC(c2ccccc2)(c2ccccc2)[n+]2ccccc2S1.[CH]1[CH][CH][CH][CH]1.[Ru+2]. The van der Waals surface area contributed by atoms with E-state index in [2.05, 4.69) is 149 Å². The summed E-state index contributed by atoms with van der Waals surface area (Å²) in [5.74, 6) is 0. The van der Waals surface area contributed by atoms with Crippen molar-refractivity contribution in [1.82, 2.24) is 0 Å². The summed E-state index contributed by atoms with van der Waals surface area (Å²) in [6, 6.07) is 27.6. The maximum Gasteiger partial charge on any atom is 2.00 e. The number of fused-ring (bicyclic) bond motifs is 1. The van der Waals surface area contributed by atoms with E-state index < -0.39 is 7.25 Å². The molecule has 2 heterocycles. The largest absolute Gasteiger partial charge is 2.00 e. The van der Waals surface area contributed by atoms with Gasteiger partial charge in [0.2, 0.25) is 10.6 Å². The number of hydrogen-bond acceptors (Lipinski definition) is 1. The fraction of sp³-hybridized carbons (Fsp3) is 0.286. The predicted octanol–water partition coefficient (Wildman–Crippen LogP) is 10.2. The Balaban J connectivity index is 0.000000701. The van der Waals surface area contributed by atoms with Crippen LogP contribution in [-0.2, 0) is 29.7 Å². The summed E-state index contributed by atoms with van der Waals surface area (Å²) >= 11 is 1.64. The summed E-state index contributed by atoms with van der Waals surface area (Å²) in [4.78, 5) is 0. The number of hydrogen-bond donors (Lipinski definition) is 0. The Kier molecular flexibility index (Phi) is 21.8. The third kappa shape index (κ3) is 15.1. The molecule has 2 aromatic carbocycles. The Bertz CT molecular complexity index is 1170. The molecule has 1 saturated carbocycles. The number of benzene rings is 2. The van der Waals surface area contributed by atoms with Gasteiger partial charge >= 0.3 is 38.0 Å². The maximum absolute atomic E-state index is 9.75. The van der Waals surface area contributed by atoms with Crippen molar-refractivity contribution in [2.75, 3.05) is 0 Å². The van der Waals surface area contributed by atoms with Crippen molar-refractivity contribution in [2.24, 2.45) is 0 Å². The van der Waals surface area contributed by atoms with Crippen LogP contribution in [0.5, 0.6) is 0 Å². The number of allylic oxidation sites excluding steroid dienone is 1. The smallest absolute Gasteiger partial charge is 0.418 e. The topological polar surface area (TPSA) is 23.8 Å². The number of aromatic nitrogens is 1. The Morgan fingerprint density at radius 1 is 0.689 bits per heavy atom. The molecule has 0 amide bonds. The van der Waals surface area contributed by atoms with E-state index in [1.54, 1.807) is 11.8 Å². The third-order valence-electron chi connectivity index (χ3n) is 6.41. The third-order valence-corrected chi connectivity index (χ3v) is 10.8. The van der Waals surface area contributed by atoms with E-state index >= 15 is 0 Å². The van der Waals surface area contributed by atoms with Gasteiger partial charge in [-0.2, -0.15) is 10.6 Å². The molecule has 1 fully saturated rings. The van der Waals surface area contributed by atoms with E-state index in [1.807, 2.05) is 32.1 Å². The van der Waals surface area contributed by atoms with Gasteiger partial charge in [0.05, 0.1) is 0 Å². The van der Waals surface area contributed by atoms with Gasteiger partial charge in [0, 0.05) is 23.3 Å². The molecule has 2 nitrogen and oxygen atoms in total. The van der Waals surface area contributed by atoms with Crippen LogP contribution in [0.15, 0.2) is 96.2 Å². The zero-order chi connectivity index (χ0) is 33.2. The van der Waals surface area contributed by atoms with E-state index in [0.717, 1.165) is 17.0 Å². The molecular weight excluding hydrogens is 701 g/mol. The first-order valence-corrected chi connectivity index (χ1v) is 16.6. The molecule has 0 saturated heterocycles. The van der Waals surface area contributed by atoms with Crippen LogP contribution in [0.4, 0.5) is 17.3 Å². The minimum absolute atomic E-state index is 0.